The summed E-state index contributed by atoms with van der Waals surface area (Å²) < 4.78 is 105. The number of esters is 5. The molecule has 7 aromatic rings. The lowest BCUT2D eigenvalue weighted by molar-refractivity contribution is -0.141. The summed E-state index contributed by atoms with van der Waals surface area (Å²) in [4.78, 5) is 231. The molecule has 0 aliphatic carbocycles. The van der Waals surface area contributed by atoms with Crippen LogP contribution in [-0.4, -0.2) is 233 Å². The zero-order valence-corrected chi connectivity index (χ0v) is 78.8. The topological polar surface area (TPSA) is 595 Å². The van der Waals surface area contributed by atoms with Gasteiger partial charge in [0.05, 0.1) is 33.0 Å². The molecule has 0 heterocycles. The zero-order valence-electron chi connectivity index (χ0n) is 74.8. The van der Waals surface area contributed by atoms with Gasteiger partial charge in [0.25, 0.3) is 0 Å². The van der Waals surface area contributed by atoms with E-state index < -0.39 is 169 Å². The minimum Gasteiger partial charge on any atom is -0.480 e. The molecular formula is C89H93F4N5O35S5. The normalized spacial score (nSPS) is 11.3. The van der Waals surface area contributed by atoms with Gasteiger partial charge in [0.2, 0.25) is 29.5 Å². The molecule has 0 saturated carbocycles. The van der Waals surface area contributed by atoms with Crippen molar-refractivity contribution in [3.8, 4) is 51.0 Å². The van der Waals surface area contributed by atoms with Gasteiger partial charge >= 0.3 is 86.2 Å². The van der Waals surface area contributed by atoms with Crippen molar-refractivity contribution in [2.24, 2.45) is 0 Å². The Labute approximate surface area is 804 Å². The van der Waals surface area contributed by atoms with Gasteiger partial charge < -0.3 is 99.5 Å². The number of carboxylic acid groups (broad SMARTS) is 5. The average Bonchev–Trinajstić information content (AvgIpc) is 0.806. The van der Waals surface area contributed by atoms with E-state index in [1.807, 2.05) is 0 Å². The maximum absolute atomic E-state index is 14.2. The van der Waals surface area contributed by atoms with Gasteiger partial charge in [-0.3, -0.25) is 24.0 Å². The van der Waals surface area contributed by atoms with Gasteiger partial charge in [-0.2, -0.15) is 0 Å². The van der Waals surface area contributed by atoms with E-state index in [1.165, 1.54) is 106 Å². The lowest BCUT2D eigenvalue weighted by atomic mass is 10.0. The molecule has 0 spiro atoms. The molecule has 5 atom stereocenters. The summed E-state index contributed by atoms with van der Waals surface area (Å²) in [5, 5.41) is 51.8. The van der Waals surface area contributed by atoms with Crippen molar-refractivity contribution in [2.75, 3.05) is 61.8 Å². The smallest absolute Gasteiger partial charge is 0.372 e. The highest BCUT2D eigenvalue weighted by Gasteiger charge is 2.30. The molecule has 40 nitrogen and oxygen atoms in total. The lowest BCUT2D eigenvalue weighted by Gasteiger charge is -2.14. The van der Waals surface area contributed by atoms with E-state index in [4.69, 9.17) is 72.9 Å². The number of carbonyl (C=O) groups is 20. The SMILES string of the molecule is CCCOC(=O)c1cc(-c2ccc(F)cc2F)ccc1OC(=O)SC[C@@H](NC(C)=O)C(=O)O.CCCOC(=O)c1cc(-c2ccc(F)cc2F)ccc1OC(=O)SC[C@H](NC(C)=O)C(=O)O.CCOC(=O)c1ccccc1OC(=O)SCC(NC(C)=O)C(=O)O.CCOC(=O)c1ccccc1OC(=O)SC[C@@H](NC(C)=O)C(=O)O.CCOC(=O)c1ccccc1OC(=O)SC[C@H](NC(C)=O)C(=O)O. The fourth-order valence-electron chi connectivity index (χ4n) is 10.1. The van der Waals surface area contributed by atoms with Crippen LogP contribution in [0.4, 0.5) is 41.5 Å². The van der Waals surface area contributed by atoms with Crippen molar-refractivity contribution in [2.45, 2.75) is 112 Å². The molecule has 5 amide bonds. The number of aliphatic carboxylic acids is 5. The van der Waals surface area contributed by atoms with E-state index in [1.54, 1.807) is 71.0 Å². The predicted octanol–water partition coefficient (Wildman–Crippen LogP) is 13.1. The van der Waals surface area contributed by atoms with Gasteiger partial charge in [-0.15, -0.1) is 0 Å². The number of thioether (sulfide) groups is 5. The Hall–Kier alpha value is -14.6. The third-order valence-corrected chi connectivity index (χ3v) is 20.2. The van der Waals surface area contributed by atoms with Crippen LogP contribution in [-0.2, 0) is 71.6 Å². The van der Waals surface area contributed by atoms with Gasteiger partial charge in [0.15, 0.2) is 0 Å². The van der Waals surface area contributed by atoms with Crippen LogP contribution in [0.1, 0.15) is 134 Å². The predicted molar refractivity (Wildman–Crippen MR) is 491 cm³/mol. The average molecular weight is 2030 g/mol. The number of hydrogen-bond acceptors (Lipinski definition) is 35. The van der Waals surface area contributed by atoms with Crippen molar-refractivity contribution in [3.05, 3.63) is 197 Å². The van der Waals surface area contributed by atoms with Gasteiger partial charge in [-0.05, 0) is 188 Å². The lowest BCUT2D eigenvalue weighted by Crippen LogP contribution is -2.41. The summed E-state index contributed by atoms with van der Waals surface area (Å²) in [5.41, 5.74) is 0.408. The van der Waals surface area contributed by atoms with Gasteiger partial charge in [-0.25, -0.2) is 89.5 Å². The maximum atomic E-state index is 14.2. The van der Waals surface area contributed by atoms with E-state index in [0.717, 1.165) is 26.0 Å². The third kappa shape index (κ3) is 43.8. The van der Waals surface area contributed by atoms with Crippen LogP contribution in [0, 0.1) is 23.3 Å². The molecule has 0 bridgehead atoms. The van der Waals surface area contributed by atoms with Crippen molar-refractivity contribution in [1.29, 1.82) is 0 Å². The number of amides is 5. The Morgan fingerprint density at radius 2 is 0.500 bits per heavy atom. The first-order valence-corrected chi connectivity index (χ1v) is 45.3. The zero-order chi connectivity index (χ0) is 103. The summed E-state index contributed by atoms with van der Waals surface area (Å²) >= 11 is 2.69. The van der Waals surface area contributed by atoms with Crippen LogP contribution in [0.15, 0.2) is 146 Å². The highest BCUT2D eigenvalue weighted by Crippen LogP contribution is 2.34. The molecule has 742 valence electrons. The van der Waals surface area contributed by atoms with Crippen LogP contribution >= 0.6 is 58.8 Å². The van der Waals surface area contributed by atoms with E-state index >= 15 is 0 Å². The van der Waals surface area contributed by atoms with Crippen LogP contribution < -0.4 is 50.3 Å². The summed E-state index contributed by atoms with van der Waals surface area (Å²) in [6.07, 6.45) is 1.06. The molecule has 0 radical (unpaired) electrons. The standard InChI is InChI=1S/2C22H21F2NO7S.3C15H17NO7S/c2*1-3-8-31-21(29)16-9-13(15-6-5-14(23)10-17(15)24)4-7-19(16)32-22(30)33-11-18(20(27)28)25-12(2)26;3*1-3-22-14(20)10-6-4-5-7-12(10)23-15(21)24-8-11(13(18)19)16-9(2)17/h2*4-7,9-10,18H,3,8,11H2,1-2H3,(H,25,26)(H,27,28);3*4-7,11H,3,8H2,1-2H3,(H,16,17)(H,18,19)/t2*18-;2*11-;/m1010./s1. The van der Waals surface area contributed by atoms with Crippen LogP contribution in [0.2, 0.25) is 0 Å². The van der Waals surface area contributed by atoms with Gasteiger partial charge in [0.1, 0.15) is 110 Å². The largest absolute Gasteiger partial charge is 0.480 e. The number of rotatable bonds is 39. The molecule has 0 aliphatic heterocycles. The van der Waals surface area contributed by atoms with Crippen molar-refractivity contribution in [3.63, 3.8) is 0 Å². The number of carbonyl (C=O) groups excluding carboxylic acids is 15. The highest BCUT2D eigenvalue weighted by atomic mass is 32.2. The number of nitrogens with one attached hydrogen (secondary N) is 5. The van der Waals surface area contributed by atoms with Crippen molar-refractivity contribution < 1.29 is 186 Å². The van der Waals surface area contributed by atoms with Crippen LogP contribution in [0.5, 0.6) is 28.7 Å². The Bertz CT molecular complexity index is 5110. The molecule has 0 aromatic heterocycles. The fourth-order valence-corrected chi connectivity index (χ4v) is 13.5. The van der Waals surface area contributed by atoms with Gasteiger partial charge in [0, 0.05) is 86.6 Å². The Morgan fingerprint density at radius 3 is 0.703 bits per heavy atom. The minimum absolute atomic E-state index is 0.0138. The van der Waals surface area contributed by atoms with E-state index in [-0.39, 0.29) is 141 Å². The van der Waals surface area contributed by atoms with Gasteiger partial charge in [-0.1, -0.05) is 62.4 Å². The number of para-hydroxylation sites is 3. The first-order valence-electron chi connectivity index (χ1n) is 40.3. The number of halogens is 4. The maximum Gasteiger partial charge on any atom is 0.372 e. The quantitative estimate of drug-likeness (QED) is 0.00972. The number of carboxylic acids is 5. The Balaban J connectivity index is 0.000000448. The molecule has 7 rings (SSSR count). The Morgan fingerprint density at radius 1 is 0.283 bits per heavy atom. The monoisotopic (exact) mass is 2030 g/mol. The van der Waals surface area contributed by atoms with E-state index in [0.29, 0.717) is 83.8 Å². The second-order valence-electron chi connectivity index (χ2n) is 26.9. The summed E-state index contributed by atoms with van der Waals surface area (Å²) in [7, 11) is 0. The number of benzene rings is 7. The molecule has 0 aliphatic rings. The second-order valence-corrected chi connectivity index (χ2v) is 31.6. The van der Waals surface area contributed by atoms with Crippen LogP contribution in [0.3, 0.4) is 0 Å². The highest BCUT2D eigenvalue weighted by molar-refractivity contribution is 8.14. The molecule has 138 heavy (non-hydrogen) atoms. The van der Waals surface area contributed by atoms with Crippen LogP contribution in [0.25, 0.3) is 22.3 Å². The molecular weight excluding hydrogens is 1940 g/mol. The molecule has 1 unspecified atom stereocenters. The first kappa shape index (κ1) is 118. The summed E-state index contributed by atoms with van der Waals surface area (Å²) in [5.74, 6) is -17.6. The Kier molecular flexibility index (Phi) is 52.9. The second kappa shape index (κ2) is 62.1. The number of ether oxygens (including phenoxy) is 10. The van der Waals surface area contributed by atoms with Crippen molar-refractivity contribution >= 4 is 175 Å². The molecule has 0 saturated heterocycles. The number of hydrogen-bond donors (Lipinski definition) is 10. The fraction of sp³-hybridized carbons (Fsp3) is 0.303. The third-order valence-electron chi connectivity index (χ3n) is 16.1. The first-order chi connectivity index (χ1) is 65.3. The molecule has 7 aromatic carbocycles. The molecule has 49 heteroatoms. The van der Waals surface area contributed by atoms with Crippen molar-refractivity contribution in [1.82, 2.24) is 26.6 Å². The van der Waals surface area contributed by atoms with E-state index in [9.17, 15) is 113 Å². The molecule has 0 fully saturated rings. The summed E-state index contributed by atoms with van der Waals surface area (Å²) in [6, 6.07) is 25.5. The minimum atomic E-state index is -1.33. The van der Waals surface area contributed by atoms with E-state index in [2.05, 4.69) is 26.6 Å². The molecule has 10 N–H and O–H groups in total. The summed E-state index contributed by atoms with van der Waals surface area (Å²) in [6.45, 7) is 15.0.